The summed E-state index contributed by atoms with van der Waals surface area (Å²) in [5, 5.41) is 6.21. The molecule has 1 atom stereocenters. The lowest BCUT2D eigenvalue weighted by Gasteiger charge is -2.34. The first-order valence-electron chi connectivity index (χ1n) is 11.2. The highest BCUT2D eigenvalue weighted by Gasteiger charge is 2.22. The zero-order valence-corrected chi connectivity index (χ0v) is 20.0. The van der Waals surface area contributed by atoms with Crippen LogP contribution in [0.25, 0.3) is 0 Å². The molecule has 0 spiro atoms. The average molecular weight is 402 g/mol. The Morgan fingerprint density at radius 1 is 0.964 bits per heavy atom. The summed E-state index contributed by atoms with van der Waals surface area (Å²) >= 11 is 0. The molecule has 0 aromatic rings. The molecule has 0 aromatic carbocycles. The summed E-state index contributed by atoms with van der Waals surface area (Å²) in [5.74, 6) is 1.71. The number of Topliss-reactive ketones (excluding diaryl/α,β-unsaturated/α-hetero) is 1. The molecule has 0 saturated carbocycles. The fourth-order valence-electron chi connectivity index (χ4n) is 3.47. The zero-order chi connectivity index (χ0) is 21.9. The molecule has 5 nitrogen and oxygen atoms in total. The van der Waals surface area contributed by atoms with Crippen molar-refractivity contribution in [2.75, 3.05) is 20.1 Å². The minimum atomic E-state index is 0. The topological polar surface area (TPSA) is 61.4 Å². The lowest BCUT2D eigenvalue weighted by Crippen LogP contribution is -2.46. The quantitative estimate of drug-likeness (QED) is 0.602. The fourth-order valence-corrected chi connectivity index (χ4v) is 3.47. The number of nitrogens with zero attached hydrogens (tertiary/aromatic N) is 1. The van der Waals surface area contributed by atoms with Crippen LogP contribution in [0.5, 0.6) is 0 Å². The molecule has 170 valence electrons. The molecule has 0 bridgehead atoms. The Bertz CT molecular complexity index is 450. The summed E-state index contributed by atoms with van der Waals surface area (Å²) < 4.78 is 0. The Hall–Kier alpha value is -0.940. The van der Waals surface area contributed by atoms with Gasteiger partial charge in [0.2, 0.25) is 5.91 Å². The van der Waals surface area contributed by atoms with Crippen molar-refractivity contribution in [3.8, 4) is 0 Å². The van der Waals surface area contributed by atoms with E-state index in [0.717, 1.165) is 32.4 Å². The number of likely N-dealkylation sites (tertiary alicyclic amines) is 1. The van der Waals surface area contributed by atoms with Crippen molar-refractivity contribution in [2.24, 2.45) is 17.8 Å². The van der Waals surface area contributed by atoms with Crippen LogP contribution in [-0.2, 0) is 9.59 Å². The van der Waals surface area contributed by atoms with E-state index in [0.29, 0.717) is 36.1 Å². The number of hydrogen-bond acceptors (Lipinski definition) is 4. The first-order valence-corrected chi connectivity index (χ1v) is 11.2. The smallest absolute Gasteiger partial charge is 0.220 e. The molecule has 0 aliphatic carbocycles. The maximum Gasteiger partial charge on any atom is 0.220 e. The highest BCUT2D eigenvalue weighted by atomic mass is 16.1. The summed E-state index contributed by atoms with van der Waals surface area (Å²) in [4.78, 5) is 25.6. The fraction of sp³-hybridized carbons (Fsp3) is 0.913. The van der Waals surface area contributed by atoms with E-state index in [1.807, 2.05) is 20.9 Å². The Balaban J connectivity index is -0.000000474. The maximum atomic E-state index is 11.6. The predicted molar refractivity (Wildman–Crippen MR) is 124 cm³/mol. The van der Waals surface area contributed by atoms with Crippen LogP contribution in [0.3, 0.4) is 0 Å². The van der Waals surface area contributed by atoms with Gasteiger partial charge in [0.1, 0.15) is 0 Å². The van der Waals surface area contributed by atoms with Gasteiger partial charge in [0.15, 0.2) is 5.78 Å². The lowest BCUT2D eigenvalue weighted by molar-refractivity contribution is -0.124. The van der Waals surface area contributed by atoms with Crippen LogP contribution < -0.4 is 10.6 Å². The van der Waals surface area contributed by atoms with Crippen molar-refractivity contribution >= 4 is 11.7 Å². The number of carbonyl (C=O) groups is 2. The number of rotatable bonds is 9. The molecule has 0 aromatic heterocycles. The van der Waals surface area contributed by atoms with Gasteiger partial charge in [-0.2, -0.15) is 0 Å². The van der Waals surface area contributed by atoms with Gasteiger partial charge in [-0.05, 0) is 52.0 Å². The monoisotopic (exact) mass is 401 g/mol. The highest BCUT2D eigenvalue weighted by Crippen LogP contribution is 2.13. The van der Waals surface area contributed by atoms with Gasteiger partial charge in [0, 0.05) is 40.4 Å². The van der Waals surface area contributed by atoms with Crippen LogP contribution in [0.2, 0.25) is 0 Å². The van der Waals surface area contributed by atoms with Gasteiger partial charge in [-0.1, -0.05) is 41.5 Å². The Morgan fingerprint density at radius 3 is 1.86 bits per heavy atom. The first kappa shape index (κ1) is 27.1. The molecule has 28 heavy (non-hydrogen) atoms. The number of ketones is 1. The Kier molecular flexibility index (Phi) is 13.6. The van der Waals surface area contributed by atoms with Gasteiger partial charge >= 0.3 is 0 Å². The first-order chi connectivity index (χ1) is 13.0. The number of hydrogen-bond donors (Lipinski definition) is 2. The largest absolute Gasteiger partial charge is 0.353 e. The van der Waals surface area contributed by atoms with Gasteiger partial charge < -0.3 is 15.5 Å². The van der Waals surface area contributed by atoms with E-state index in [4.69, 9.17) is 0 Å². The molecule has 1 unspecified atom stereocenters. The molecule has 2 N–H and O–H groups in total. The minimum absolute atomic E-state index is 0. The van der Waals surface area contributed by atoms with Crippen molar-refractivity contribution < 1.29 is 12.4 Å². The molecule has 0 radical (unpaired) electrons. The van der Waals surface area contributed by atoms with Crippen LogP contribution in [0.1, 0.15) is 83.9 Å². The van der Waals surface area contributed by atoms with Crippen LogP contribution in [0.4, 0.5) is 0 Å². The van der Waals surface area contributed by atoms with Crippen molar-refractivity contribution in [1.29, 1.82) is 0 Å². The predicted octanol–water partition coefficient (Wildman–Crippen LogP) is 4.36. The number of nitrogens with one attached hydrogen (secondary N) is 2. The number of piperidine rings is 1. The van der Waals surface area contributed by atoms with E-state index in [-0.39, 0.29) is 20.7 Å². The second-order valence-corrected chi connectivity index (χ2v) is 9.60. The van der Waals surface area contributed by atoms with E-state index in [9.17, 15) is 9.59 Å². The van der Waals surface area contributed by atoms with Crippen LogP contribution in [0, 0.1) is 17.8 Å². The van der Waals surface area contributed by atoms with Crippen LogP contribution in [-0.4, -0.2) is 54.9 Å². The SMILES string of the molecule is CC(C)CC(=O)NC1CCN(C(C)C)CC1.CNC(CC(C)C)C(=O)C(C)C.[HH].[HH]. The highest BCUT2D eigenvalue weighted by molar-refractivity contribution is 5.85. The van der Waals surface area contributed by atoms with Crippen molar-refractivity contribution in [2.45, 2.75) is 99.2 Å². The minimum Gasteiger partial charge on any atom is -0.353 e. The Morgan fingerprint density at radius 2 is 1.50 bits per heavy atom. The Labute approximate surface area is 177 Å². The zero-order valence-electron chi connectivity index (χ0n) is 20.0. The molecule has 1 aliphatic rings. The molecular formula is C23H51N3O2. The summed E-state index contributed by atoms with van der Waals surface area (Å²) in [6, 6.07) is 1.08. The average Bonchev–Trinajstić information content (AvgIpc) is 2.59. The van der Waals surface area contributed by atoms with Crippen LogP contribution >= 0.6 is 0 Å². The van der Waals surface area contributed by atoms with Gasteiger partial charge in [-0.25, -0.2) is 0 Å². The van der Waals surface area contributed by atoms with E-state index < -0.39 is 0 Å². The molecule has 1 aliphatic heterocycles. The normalized spacial score (nSPS) is 17.0. The maximum absolute atomic E-state index is 11.6. The third-order valence-electron chi connectivity index (χ3n) is 5.19. The summed E-state index contributed by atoms with van der Waals surface area (Å²) in [6.45, 7) is 19.0. The summed E-state index contributed by atoms with van der Waals surface area (Å²) in [5.41, 5.74) is 0. The second kappa shape index (κ2) is 14.1. The van der Waals surface area contributed by atoms with Crippen molar-refractivity contribution in [1.82, 2.24) is 15.5 Å². The third kappa shape index (κ3) is 11.8. The standard InChI is InChI=1S/C13H26N2O.C10H21NO.2H2/c1-10(2)9-13(16)14-12-5-7-15(8-6-12)11(3)4;1-7(2)6-9(11-5)10(12)8(3)4;;/h10-12H,5-9H2,1-4H3,(H,14,16);7-9,11H,6H2,1-5H3;2*1H. The molecule has 1 amide bonds. The number of carbonyl (C=O) groups excluding carboxylic acids is 2. The molecule has 5 heteroatoms. The molecular weight excluding hydrogens is 350 g/mol. The van der Waals surface area contributed by atoms with E-state index in [1.165, 1.54) is 0 Å². The number of amides is 1. The van der Waals surface area contributed by atoms with Gasteiger partial charge in [-0.3, -0.25) is 9.59 Å². The molecule has 1 fully saturated rings. The van der Waals surface area contributed by atoms with Gasteiger partial charge in [-0.15, -0.1) is 0 Å². The molecule has 1 rings (SSSR count). The van der Waals surface area contributed by atoms with E-state index in [1.54, 1.807) is 0 Å². The summed E-state index contributed by atoms with van der Waals surface area (Å²) in [7, 11) is 1.85. The van der Waals surface area contributed by atoms with Gasteiger partial charge in [0.05, 0.1) is 6.04 Å². The lowest BCUT2D eigenvalue weighted by atomic mass is 9.94. The van der Waals surface area contributed by atoms with Crippen molar-refractivity contribution in [3.05, 3.63) is 0 Å². The molecule has 1 saturated heterocycles. The summed E-state index contributed by atoms with van der Waals surface area (Å²) in [6.07, 6.45) is 3.79. The van der Waals surface area contributed by atoms with E-state index >= 15 is 0 Å². The molecule has 1 heterocycles. The van der Waals surface area contributed by atoms with E-state index in [2.05, 4.69) is 57.1 Å². The van der Waals surface area contributed by atoms with Crippen LogP contribution in [0.15, 0.2) is 0 Å². The third-order valence-corrected chi connectivity index (χ3v) is 5.19. The number of likely N-dealkylation sites (N-methyl/N-ethyl adjacent to an activating group) is 1. The van der Waals surface area contributed by atoms with Gasteiger partial charge in [0.25, 0.3) is 0 Å². The van der Waals surface area contributed by atoms with Crippen molar-refractivity contribution in [3.63, 3.8) is 0 Å². The second-order valence-electron chi connectivity index (χ2n) is 9.60.